The van der Waals surface area contributed by atoms with E-state index in [9.17, 15) is 9.59 Å². The van der Waals surface area contributed by atoms with Crippen LogP contribution in [0.3, 0.4) is 0 Å². The molecule has 1 atom stereocenters. The zero-order valence-electron chi connectivity index (χ0n) is 14.0. The first-order chi connectivity index (χ1) is 11.5. The van der Waals surface area contributed by atoms with Crippen LogP contribution in [0.5, 0.6) is 0 Å². The second-order valence-corrected chi connectivity index (χ2v) is 6.94. The molecule has 3 rings (SSSR count). The predicted molar refractivity (Wildman–Crippen MR) is 98.1 cm³/mol. The third-order valence-corrected chi connectivity index (χ3v) is 5.11. The lowest BCUT2D eigenvalue weighted by molar-refractivity contribution is -0.124. The van der Waals surface area contributed by atoms with Crippen LogP contribution in [0.15, 0.2) is 47.5 Å². The summed E-state index contributed by atoms with van der Waals surface area (Å²) in [5.74, 6) is -0.198. The van der Waals surface area contributed by atoms with Gasteiger partial charge in [0, 0.05) is 23.6 Å². The van der Waals surface area contributed by atoms with Crippen molar-refractivity contribution in [3.63, 3.8) is 0 Å². The molecule has 1 aromatic carbocycles. The van der Waals surface area contributed by atoms with E-state index in [0.29, 0.717) is 4.91 Å². The number of imide groups is 1. The topological polar surface area (TPSA) is 42.3 Å². The summed E-state index contributed by atoms with van der Waals surface area (Å²) in [7, 11) is 0. The van der Waals surface area contributed by atoms with Crippen LogP contribution in [0.1, 0.15) is 31.5 Å². The lowest BCUT2D eigenvalue weighted by Gasteiger charge is -2.19. The summed E-state index contributed by atoms with van der Waals surface area (Å²) in [4.78, 5) is 26.5. The lowest BCUT2D eigenvalue weighted by atomic mass is 10.2. The molecule has 2 aromatic rings. The Morgan fingerprint density at radius 1 is 1.17 bits per heavy atom. The molecule has 0 bridgehead atoms. The Labute approximate surface area is 146 Å². The Hall–Kier alpha value is -2.27. The van der Waals surface area contributed by atoms with Crippen molar-refractivity contribution in [3.05, 3.63) is 58.8 Å². The molecule has 1 fully saturated rings. The van der Waals surface area contributed by atoms with Crippen molar-refractivity contribution in [2.45, 2.75) is 33.2 Å². The molecule has 0 radical (unpaired) electrons. The predicted octanol–water partition coefficient (Wildman–Crippen LogP) is 4.62. The molecule has 1 aliphatic rings. The maximum atomic E-state index is 12.5. The highest BCUT2D eigenvalue weighted by Crippen LogP contribution is 2.34. The van der Waals surface area contributed by atoms with Crippen LogP contribution in [-0.4, -0.2) is 26.7 Å². The van der Waals surface area contributed by atoms with Gasteiger partial charge in [-0.1, -0.05) is 24.6 Å². The molecular formula is C19H20N2O2S. The fourth-order valence-corrected chi connectivity index (χ4v) is 3.54. The summed E-state index contributed by atoms with van der Waals surface area (Å²) in [6.45, 7) is 5.92. The maximum Gasteiger partial charge on any atom is 0.293 e. The number of carbonyl (C=O) groups excluding carboxylic acids is 2. The summed E-state index contributed by atoms with van der Waals surface area (Å²) < 4.78 is 2.01. The van der Waals surface area contributed by atoms with Gasteiger partial charge in [0.05, 0.1) is 4.91 Å². The van der Waals surface area contributed by atoms with E-state index in [4.69, 9.17) is 0 Å². The first kappa shape index (κ1) is 16.6. The third kappa shape index (κ3) is 3.04. The van der Waals surface area contributed by atoms with Gasteiger partial charge >= 0.3 is 0 Å². The van der Waals surface area contributed by atoms with Crippen molar-refractivity contribution in [1.29, 1.82) is 0 Å². The fourth-order valence-electron chi connectivity index (χ4n) is 2.63. The van der Waals surface area contributed by atoms with E-state index in [1.54, 1.807) is 6.08 Å². The largest absolute Gasteiger partial charge is 0.317 e. The van der Waals surface area contributed by atoms with E-state index in [1.165, 1.54) is 10.5 Å². The molecule has 124 valence electrons. The Morgan fingerprint density at radius 3 is 2.54 bits per heavy atom. The smallest absolute Gasteiger partial charge is 0.293 e. The van der Waals surface area contributed by atoms with Crippen molar-refractivity contribution < 1.29 is 9.59 Å². The molecule has 0 saturated carbocycles. The second-order valence-electron chi connectivity index (χ2n) is 5.95. The zero-order valence-corrected chi connectivity index (χ0v) is 14.8. The molecule has 0 N–H and O–H groups in total. The summed E-state index contributed by atoms with van der Waals surface area (Å²) in [6, 6.07) is 12.0. The number of hydrogen-bond donors (Lipinski definition) is 0. The van der Waals surface area contributed by atoms with Gasteiger partial charge < -0.3 is 4.57 Å². The average molecular weight is 340 g/mol. The van der Waals surface area contributed by atoms with Gasteiger partial charge in [0.1, 0.15) is 0 Å². The van der Waals surface area contributed by atoms with Crippen LogP contribution in [0.25, 0.3) is 11.8 Å². The summed E-state index contributed by atoms with van der Waals surface area (Å²) >= 11 is 1.02. The summed E-state index contributed by atoms with van der Waals surface area (Å²) in [5.41, 5.74) is 3.11. The zero-order chi connectivity index (χ0) is 17.3. The number of nitrogens with zero attached hydrogens (tertiary/aromatic N) is 2. The maximum absolute atomic E-state index is 12.5. The second kappa shape index (κ2) is 6.69. The number of aromatic nitrogens is 1. The van der Waals surface area contributed by atoms with E-state index < -0.39 is 0 Å². The van der Waals surface area contributed by atoms with Crippen LogP contribution in [0.4, 0.5) is 4.79 Å². The van der Waals surface area contributed by atoms with Crippen molar-refractivity contribution >= 4 is 29.0 Å². The first-order valence-electron chi connectivity index (χ1n) is 8.02. The lowest BCUT2D eigenvalue weighted by Crippen LogP contribution is -2.36. The molecule has 24 heavy (non-hydrogen) atoms. The van der Waals surface area contributed by atoms with Crippen LogP contribution >= 0.6 is 11.8 Å². The van der Waals surface area contributed by atoms with Gasteiger partial charge in [-0.15, -0.1) is 0 Å². The van der Waals surface area contributed by atoms with E-state index in [0.717, 1.165) is 29.6 Å². The number of amides is 2. The normalized spacial score (nSPS) is 17.8. The molecule has 0 spiro atoms. The van der Waals surface area contributed by atoms with Crippen molar-refractivity contribution in [2.24, 2.45) is 0 Å². The highest BCUT2D eigenvalue weighted by atomic mass is 32.2. The van der Waals surface area contributed by atoms with Crippen LogP contribution in [0, 0.1) is 6.92 Å². The quantitative estimate of drug-likeness (QED) is 0.763. The van der Waals surface area contributed by atoms with Crippen LogP contribution in [-0.2, 0) is 4.79 Å². The first-order valence-corrected chi connectivity index (χ1v) is 8.84. The monoisotopic (exact) mass is 340 g/mol. The fraction of sp³-hybridized carbons (Fsp3) is 0.263. The van der Waals surface area contributed by atoms with E-state index in [2.05, 4.69) is 12.1 Å². The van der Waals surface area contributed by atoms with Gasteiger partial charge in [0.25, 0.3) is 11.1 Å². The Balaban J connectivity index is 1.93. The third-order valence-electron chi connectivity index (χ3n) is 4.23. The minimum atomic E-state index is -0.198. The van der Waals surface area contributed by atoms with Crippen molar-refractivity contribution in [2.75, 3.05) is 0 Å². The molecule has 2 amide bonds. The average Bonchev–Trinajstić information content (AvgIpc) is 3.13. The minimum Gasteiger partial charge on any atom is -0.317 e. The van der Waals surface area contributed by atoms with Gasteiger partial charge in [-0.2, -0.15) is 0 Å². The molecule has 0 unspecified atom stereocenters. The molecule has 4 nitrogen and oxygen atoms in total. The summed E-state index contributed by atoms with van der Waals surface area (Å²) in [6.07, 6.45) is 4.51. The van der Waals surface area contributed by atoms with Gasteiger partial charge in [0.2, 0.25) is 0 Å². The van der Waals surface area contributed by atoms with Gasteiger partial charge in [-0.25, -0.2) is 0 Å². The molecule has 1 saturated heterocycles. The highest BCUT2D eigenvalue weighted by molar-refractivity contribution is 8.18. The van der Waals surface area contributed by atoms with Crippen LogP contribution in [0.2, 0.25) is 0 Å². The standard InChI is InChI=1S/C19H20N2O2S/c1-4-14(3)21-18(22)17(24-19(21)23)12-16-6-5-11-20(16)15-9-7-13(2)8-10-15/h5-12,14H,4H2,1-3H3/b17-12+/t14-/m1/s1. The van der Waals surface area contributed by atoms with Gasteiger partial charge in [-0.05, 0) is 62.4 Å². The van der Waals surface area contributed by atoms with E-state index in [-0.39, 0.29) is 17.2 Å². The van der Waals surface area contributed by atoms with Crippen molar-refractivity contribution in [3.8, 4) is 5.69 Å². The highest BCUT2D eigenvalue weighted by Gasteiger charge is 2.37. The number of rotatable bonds is 4. The SMILES string of the molecule is CC[C@@H](C)N1C(=O)S/C(=C/c2cccn2-c2ccc(C)cc2)C1=O. The number of hydrogen-bond acceptors (Lipinski definition) is 3. The molecule has 1 aliphatic heterocycles. The van der Waals surface area contributed by atoms with Gasteiger partial charge in [0.15, 0.2) is 0 Å². The van der Waals surface area contributed by atoms with E-state index in [1.807, 2.05) is 55.8 Å². The van der Waals surface area contributed by atoms with Crippen molar-refractivity contribution in [1.82, 2.24) is 9.47 Å². The Kier molecular flexibility index (Phi) is 4.62. The van der Waals surface area contributed by atoms with Gasteiger partial charge in [-0.3, -0.25) is 14.5 Å². The molecule has 1 aromatic heterocycles. The molecule has 0 aliphatic carbocycles. The Bertz CT molecular complexity index is 805. The number of thioether (sulfide) groups is 1. The summed E-state index contributed by atoms with van der Waals surface area (Å²) in [5, 5.41) is -0.186. The number of aryl methyl sites for hydroxylation is 1. The molecule has 5 heteroatoms. The number of benzene rings is 1. The number of carbonyl (C=O) groups is 2. The molecular weight excluding hydrogens is 320 g/mol. The molecule has 2 heterocycles. The minimum absolute atomic E-state index is 0.0766. The Morgan fingerprint density at radius 2 is 1.88 bits per heavy atom. The van der Waals surface area contributed by atoms with E-state index >= 15 is 0 Å². The van der Waals surface area contributed by atoms with Crippen LogP contribution < -0.4 is 0 Å².